The molecule has 0 bridgehead atoms. The fourth-order valence-corrected chi connectivity index (χ4v) is 3.59. The molecule has 2 aromatic rings. The number of thiophene rings is 1. The molecule has 1 aliphatic heterocycles. The highest BCUT2D eigenvalue weighted by molar-refractivity contribution is 9.10. The summed E-state index contributed by atoms with van der Waals surface area (Å²) in [6, 6.07) is 4.36. The van der Waals surface area contributed by atoms with Gasteiger partial charge in [-0.2, -0.15) is 11.3 Å². The molecule has 1 aromatic heterocycles. The van der Waals surface area contributed by atoms with Crippen molar-refractivity contribution < 1.29 is 14.0 Å². The third kappa shape index (κ3) is 2.19. The summed E-state index contributed by atoms with van der Waals surface area (Å²) in [6.45, 7) is 0.401. The van der Waals surface area contributed by atoms with Crippen molar-refractivity contribution >= 4 is 44.6 Å². The van der Waals surface area contributed by atoms with E-state index in [9.17, 15) is 14.0 Å². The van der Waals surface area contributed by atoms with E-state index in [1.807, 2.05) is 16.8 Å². The van der Waals surface area contributed by atoms with Crippen molar-refractivity contribution in [2.75, 3.05) is 11.4 Å². The highest BCUT2D eigenvalue weighted by Crippen LogP contribution is 2.36. The van der Waals surface area contributed by atoms with E-state index in [2.05, 4.69) is 15.9 Å². The number of hydrogen-bond donors (Lipinski definition) is 0. The molecule has 0 radical (unpaired) electrons. The lowest BCUT2D eigenvalue weighted by molar-refractivity contribution is -0.114. The second-order valence-corrected chi connectivity index (χ2v) is 6.09. The van der Waals surface area contributed by atoms with E-state index in [4.69, 9.17) is 0 Å². The topological polar surface area (TPSA) is 37.4 Å². The molecule has 2 heterocycles. The van der Waals surface area contributed by atoms with Crippen molar-refractivity contribution in [1.82, 2.24) is 0 Å². The van der Waals surface area contributed by atoms with Crippen LogP contribution < -0.4 is 4.90 Å². The lowest BCUT2D eigenvalue weighted by Crippen LogP contribution is -2.31. The van der Waals surface area contributed by atoms with Crippen LogP contribution in [0, 0.1) is 5.82 Å². The minimum atomic E-state index is -0.648. The summed E-state index contributed by atoms with van der Waals surface area (Å²) in [5, 5.41) is 3.97. The van der Waals surface area contributed by atoms with Gasteiger partial charge in [-0.25, -0.2) is 4.39 Å². The summed E-state index contributed by atoms with van der Waals surface area (Å²) >= 11 is 4.81. The molecular weight excluding hydrogens is 345 g/mol. The zero-order valence-electron chi connectivity index (χ0n) is 10.2. The van der Waals surface area contributed by atoms with Crippen LogP contribution in [-0.4, -0.2) is 18.2 Å². The Kier molecular flexibility index (Phi) is 3.43. The number of halogens is 2. The first-order chi connectivity index (χ1) is 9.58. The monoisotopic (exact) mass is 353 g/mol. The minimum Gasteiger partial charge on any atom is -0.303 e. The number of ketones is 1. The van der Waals surface area contributed by atoms with Gasteiger partial charge in [0.2, 0.25) is 0 Å². The summed E-state index contributed by atoms with van der Waals surface area (Å²) in [5.74, 6) is -1.77. The Bertz CT molecular complexity index is 699. The molecule has 1 amide bonds. The van der Waals surface area contributed by atoms with Gasteiger partial charge in [0.15, 0.2) is 0 Å². The first-order valence-corrected chi connectivity index (χ1v) is 7.68. The number of benzene rings is 1. The number of Topliss-reactive ketones (excluding diaryl/α,β-unsaturated/α-hetero) is 1. The van der Waals surface area contributed by atoms with Gasteiger partial charge in [-0.05, 0) is 56.9 Å². The van der Waals surface area contributed by atoms with Crippen molar-refractivity contribution in [3.05, 3.63) is 50.4 Å². The maximum atomic E-state index is 13.3. The van der Waals surface area contributed by atoms with Gasteiger partial charge in [0.25, 0.3) is 11.7 Å². The third-order valence-corrected chi connectivity index (χ3v) is 4.52. The number of rotatable bonds is 3. The molecular formula is C14H9BrFNO2S. The molecule has 0 aliphatic carbocycles. The summed E-state index contributed by atoms with van der Waals surface area (Å²) in [7, 11) is 0. The SMILES string of the molecule is O=C1C(=O)N(CCc2ccsc2)c2c(Br)cc(F)cc21. The highest BCUT2D eigenvalue weighted by Gasteiger charge is 2.37. The van der Waals surface area contributed by atoms with Gasteiger partial charge in [0.05, 0.1) is 11.3 Å². The average molecular weight is 354 g/mol. The maximum absolute atomic E-state index is 13.3. The molecule has 1 aromatic carbocycles. The molecule has 6 heteroatoms. The van der Waals surface area contributed by atoms with Crippen LogP contribution in [-0.2, 0) is 11.2 Å². The van der Waals surface area contributed by atoms with E-state index in [-0.39, 0.29) is 5.56 Å². The summed E-state index contributed by atoms with van der Waals surface area (Å²) in [6.07, 6.45) is 0.659. The van der Waals surface area contributed by atoms with Crippen LogP contribution in [0.4, 0.5) is 10.1 Å². The van der Waals surface area contributed by atoms with Crippen LogP contribution in [0.2, 0.25) is 0 Å². The molecule has 0 saturated carbocycles. The molecule has 3 nitrogen and oxygen atoms in total. The molecule has 102 valence electrons. The van der Waals surface area contributed by atoms with Crippen molar-refractivity contribution in [3.8, 4) is 0 Å². The largest absolute Gasteiger partial charge is 0.303 e. The molecule has 0 saturated heterocycles. The van der Waals surface area contributed by atoms with Crippen LogP contribution >= 0.6 is 27.3 Å². The standard InChI is InChI=1S/C14H9BrFNO2S/c15-11-6-9(16)5-10-12(11)17(14(19)13(10)18)3-1-8-2-4-20-7-8/h2,4-7H,1,3H2. The van der Waals surface area contributed by atoms with Crippen molar-refractivity contribution in [1.29, 1.82) is 0 Å². The van der Waals surface area contributed by atoms with Crippen LogP contribution in [0.1, 0.15) is 15.9 Å². The number of amides is 1. The molecule has 1 aliphatic rings. The Morgan fingerprint density at radius 2 is 2.10 bits per heavy atom. The van der Waals surface area contributed by atoms with Crippen LogP contribution in [0.25, 0.3) is 0 Å². The van der Waals surface area contributed by atoms with E-state index >= 15 is 0 Å². The van der Waals surface area contributed by atoms with Gasteiger partial charge >= 0.3 is 0 Å². The van der Waals surface area contributed by atoms with E-state index in [1.165, 1.54) is 11.0 Å². The highest BCUT2D eigenvalue weighted by atomic mass is 79.9. The van der Waals surface area contributed by atoms with Gasteiger partial charge in [-0.1, -0.05) is 0 Å². The second-order valence-electron chi connectivity index (χ2n) is 4.45. The fourth-order valence-electron chi connectivity index (χ4n) is 2.24. The smallest absolute Gasteiger partial charge is 0.299 e. The number of anilines is 1. The van der Waals surface area contributed by atoms with Gasteiger partial charge in [0.1, 0.15) is 5.82 Å². The lowest BCUT2D eigenvalue weighted by Gasteiger charge is -2.17. The van der Waals surface area contributed by atoms with E-state index in [1.54, 1.807) is 11.3 Å². The molecule has 0 spiro atoms. The van der Waals surface area contributed by atoms with Gasteiger partial charge in [0, 0.05) is 11.0 Å². The first kappa shape index (κ1) is 13.5. The van der Waals surface area contributed by atoms with E-state index in [0.717, 1.165) is 11.6 Å². The molecule has 20 heavy (non-hydrogen) atoms. The molecule has 0 unspecified atom stereocenters. The Morgan fingerprint density at radius 3 is 2.80 bits per heavy atom. The number of carbonyl (C=O) groups excluding carboxylic acids is 2. The molecule has 3 rings (SSSR count). The molecule has 0 fully saturated rings. The Labute approximate surface area is 127 Å². The van der Waals surface area contributed by atoms with Gasteiger partial charge in [-0.3, -0.25) is 9.59 Å². The maximum Gasteiger partial charge on any atom is 0.299 e. The van der Waals surface area contributed by atoms with Crippen molar-refractivity contribution in [2.45, 2.75) is 6.42 Å². The molecule has 0 N–H and O–H groups in total. The van der Waals surface area contributed by atoms with Crippen molar-refractivity contribution in [3.63, 3.8) is 0 Å². The number of fused-ring (bicyclic) bond motifs is 1. The summed E-state index contributed by atoms with van der Waals surface area (Å²) < 4.78 is 13.8. The first-order valence-electron chi connectivity index (χ1n) is 5.94. The Hall–Kier alpha value is -1.53. The quantitative estimate of drug-likeness (QED) is 0.792. The summed E-state index contributed by atoms with van der Waals surface area (Å²) in [4.78, 5) is 25.3. The van der Waals surface area contributed by atoms with Crippen LogP contribution in [0.5, 0.6) is 0 Å². The van der Waals surface area contributed by atoms with Gasteiger partial charge < -0.3 is 4.90 Å². The van der Waals surface area contributed by atoms with Crippen LogP contribution in [0.15, 0.2) is 33.4 Å². The van der Waals surface area contributed by atoms with Crippen molar-refractivity contribution in [2.24, 2.45) is 0 Å². The Morgan fingerprint density at radius 1 is 1.30 bits per heavy atom. The number of carbonyl (C=O) groups is 2. The van der Waals surface area contributed by atoms with Crippen LogP contribution in [0.3, 0.4) is 0 Å². The predicted octanol–water partition coefficient (Wildman–Crippen LogP) is 3.42. The van der Waals surface area contributed by atoms with E-state index < -0.39 is 17.5 Å². The number of hydrogen-bond acceptors (Lipinski definition) is 3. The normalized spacial score (nSPS) is 14.0. The Balaban J connectivity index is 1.93. The average Bonchev–Trinajstić information content (AvgIpc) is 2.98. The number of nitrogens with zero attached hydrogens (tertiary/aromatic N) is 1. The molecule has 0 atom stereocenters. The predicted molar refractivity (Wildman–Crippen MR) is 78.8 cm³/mol. The second kappa shape index (κ2) is 5.10. The zero-order chi connectivity index (χ0) is 14.3. The zero-order valence-corrected chi connectivity index (χ0v) is 12.6. The summed E-state index contributed by atoms with van der Waals surface area (Å²) in [5.41, 5.74) is 1.71. The van der Waals surface area contributed by atoms with E-state index in [0.29, 0.717) is 23.1 Å². The minimum absolute atomic E-state index is 0.132. The fraction of sp³-hybridized carbons (Fsp3) is 0.143. The third-order valence-electron chi connectivity index (χ3n) is 3.19. The lowest BCUT2D eigenvalue weighted by atomic mass is 10.1. The van der Waals surface area contributed by atoms with Gasteiger partial charge in [-0.15, -0.1) is 0 Å².